The second-order valence-corrected chi connectivity index (χ2v) is 7.48. The predicted molar refractivity (Wildman–Crippen MR) is 118 cm³/mol. The summed E-state index contributed by atoms with van der Waals surface area (Å²) in [6.07, 6.45) is 0.697. The molecule has 1 amide bonds. The van der Waals surface area contributed by atoms with Crippen LogP contribution in [0.2, 0.25) is 0 Å². The van der Waals surface area contributed by atoms with Gasteiger partial charge in [-0.05, 0) is 66.2 Å². The Labute approximate surface area is 186 Å². The molecule has 3 aromatic carbocycles. The SMILES string of the molecule is O=C(Oc1ccc(/C=N\NC(=O)[C@H]2COc3ccccc3O2)cc1)c1ccc(Br)cc1. The van der Waals surface area contributed by atoms with Gasteiger partial charge in [0.1, 0.15) is 12.4 Å². The minimum Gasteiger partial charge on any atom is -0.485 e. The lowest BCUT2D eigenvalue weighted by molar-refractivity contribution is -0.130. The van der Waals surface area contributed by atoms with E-state index in [2.05, 4.69) is 26.5 Å². The monoisotopic (exact) mass is 480 g/mol. The number of nitrogens with zero attached hydrogens (tertiary/aromatic N) is 1. The predicted octanol–water partition coefficient (Wildman–Crippen LogP) is 3.96. The third kappa shape index (κ3) is 5.29. The number of rotatable bonds is 5. The number of carbonyl (C=O) groups excluding carboxylic acids is 2. The summed E-state index contributed by atoms with van der Waals surface area (Å²) in [6.45, 7) is 0.108. The summed E-state index contributed by atoms with van der Waals surface area (Å²) in [7, 11) is 0. The zero-order valence-corrected chi connectivity index (χ0v) is 17.7. The first-order valence-corrected chi connectivity index (χ1v) is 10.2. The second-order valence-electron chi connectivity index (χ2n) is 6.56. The molecule has 0 unspecified atom stereocenters. The van der Waals surface area contributed by atoms with Gasteiger partial charge in [0.25, 0.3) is 5.91 Å². The molecule has 0 saturated carbocycles. The number of hydrogen-bond donors (Lipinski definition) is 1. The van der Waals surface area contributed by atoms with Gasteiger partial charge < -0.3 is 14.2 Å². The summed E-state index contributed by atoms with van der Waals surface area (Å²) >= 11 is 3.32. The van der Waals surface area contributed by atoms with Crippen LogP contribution in [0.1, 0.15) is 15.9 Å². The highest BCUT2D eigenvalue weighted by molar-refractivity contribution is 9.10. The second kappa shape index (κ2) is 9.44. The third-order valence-electron chi connectivity index (χ3n) is 4.36. The topological polar surface area (TPSA) is 86.2 Å². The van der Waals surface area contributed by atoms with Crippen LogP contribution in [0.3, 0.4) is 0 Å². The lowest BCUT2D eigenvalue weighted by atomic mass is 10.2. The van der Waals surface area contributed by atoms with Gasteiger partial charge in [-0.3, -0.25) is 4.79 Å². The Morgan fingerprint density at radius 3 is 2.45 bits per heavy atom. The molecule has 0 spiro atoms. The van der Waals surface area contributed by atoms with E-state index in [-0.39, 0.29) is 6.61 Å². The first-order valence-electron chi connectivity index (χ1n) is 9.38. The van der Waals surface area contributed by atoms with Crippen LogP contribution in [0.4, 0.5) is 0 Å². The molecule has 7 nitrogen and oxygen atoms in total. The fourth-order valence-electron chi connectivity index (χ4n) is 2.77. The van der Waals surface area contributed by atoms with Gasteiger partial charge in [-0.2, -0.15) is 5.10 Å². The molecule has 4 rings (SSSR count). The summed E-state index contributed by atoms with van der Waals surface area (Å²) in [5.41, 5.74) is 3.61. The highest BCUT2D eigenvalue weighted by atomic mass is 79.9. The molecule has 8 heteroatoms. The average molecular weight is 481 g/mol. The third-order valence-corrected chi connectivity index (χ3v) is 4.89. The van der Waals surface area contributed by atoms with Crippen molar-refractivity contribution in [2.75, 3.05) is 6.61 Å². The van der Waals surface area contributed by atoms with Crippen LogP contribution >= 0.6 is 15.9 Å². The molecule has 1 aliphatic rings. The van der Waals surface area contributed by atoms with Crippen molar-refractivity contribution in [2.45, 2.75) is 6.10 Å². The van der Waals surface area contributed by atoms with E-state index in [4.69, 9.17) is 14.2 Å². The standard InChI is InChI=1S/C23H17BrN2O5/c24-17-9-7-16(8-10-17)23(28)30-18-11-5-15(6-12-18)13-25-26-22(27)21-14-29-19-3-1-2-4-20(19)31-21/h1-13,21H,14H2,(H,26,27)/b25-13-/t21-/m1/s1. The fourth-order valence-corrected chi connectivity index (χ4v) is 3.03. The Kier molecular flexibility index (Phi) is 6.28. The molecule has 31 heavy (non-hydrogen) atoms. The van der Waals surface area contributed by atoms with E-state index in [1.807, 2.05) is 6.07 Å². The summed E-state index contributed by atoms with van der Waals surface area (Å²) in [6, 6.07) is 20.8. The van der Waals surface area contributed by atoms with Gasteiger partial charge >= 0.3 is 5.97 Å². The van der Waals surface area contributed by atoms with Crippen LogP contribution in [0.15, 0.2) is 82.4 Å². The molecule has 1 aliphatic heterocycles. The van der Waals surface area contributed by atoms with Crippen molar-refractivity contribution in [3.05, 3.63) is 88.4 Å². The van der Waals surface area contributed by atoms with E-state index in [1.54, 1.807) is 66.7 Å². The molecule has 0 fully saturated rings. The average Bonchev–Trinajstić information content (AvgIpc) is 2.80. The van der Waals surface area contributed by atoms with Gasteiger partial charge in [-0.25, -0.2) is 10.2 Å². The van der Waals surface area contributed by atoms with Crippen LogP contribution in [0, 0.1) is 0 Å². The number of benzene rings is 3. The summed E-state index contributed by atoms with van der Waals surface area (Å²) in [5, 5.41) is 3.95. The molecular weight excluding hydrogens is 464 g/mol. The number of nitrogens with one attached hydrogen (secondary N) is 1. The first kappa shape index (κ1) is 20.6. The number of fused-ring (bicyclic) bond motifs is 1. The molecule has 0 aliphatic carbocycles. The van der Waals surface area contributed by atoms with Gasteiger partial charge in [-0.15, -0.1) is 0 Å². The molecule has 1 atom stereocenters. The van der Waals surface area contributed by atoms with Gasteiger partial charge in [0.15, 0.2) is 11.5 Å². The van der Waals surface area contributed by atoms with Crippen molar-refractivity contribution in [3.63, 3.8) is 0 Å². The Morgan fingerprint density at radius 2 is 1.71 bits per heavy atom. The van der Waals surface area contributed by atoms with Crippen molar-refractivity contribution in [1.82, 2.24) is 5.43 Å². The van der Waals surface area contributed by atoms with E-state index in [9.17, 15) is 9.59 Å². The van der Waals surface area contributed by atoms with Crippen LogP contribution in [-0.2, 0) is 4.79 Å². The molecule has 0 aromatic heterocycles. The molecule has 0 saturated heterocycles. The van der Waals surface area contributed by atoms with Crippen LogP contribution in [0.25, 0.3) is 0 Å². The quantitative estimate of drug-likeness (QED) is 0.258. The Morgan fingerprint density at radius 1 is 1.00 bits per heavy atom. The number of ether oxygens (including phenoxy) is 3. The highest BCUT2D eigenvalue weighted by Gasteiger charge is 2.26. The van der Waals surface area contributed by atoms with Gasteiger partial charge in [-0.1, -0.05) is 28.1 Å². The normalized spacial score (nSPS) is 14.8. The summed E-state index contributed by atoms with van der Waals surface area (Å²) < 4.78 is 17.4. The maximum absolute atomic E-state index is 12.2. The van der Waals surface area contributed by atoms with E-state index >= 15 is 0 Å². The smallest absolute Gasteiger partial charge is 0.343 e. The van der Waals surface area contributed by atoms with Gasteiger partial charge in [0, 0.05) is 4.47 Å². The van der Waals surface area contributed by atoms with Crippen LogP contribution in [0.5, 0.6) is 17.2 Å². The molecule has 1 heterocycles. The van der Waals surface area contributed by atoms with Crippen molar-refractivity contribution >= 4 is 34.0 Å². The minimum absolute atomic E-state index is 0.108. The molecule has 0 bridgehead atoms. The number of para-hydroxylation sites is 2. The minimum atomic E-state index is -0.785. The molecule has 3 aromatic rings. The maximum Gasteiger partial charge on any atom is 0.343 e. The molecule has 0 radical (unpaired) electrons. The van der Waals surface area contributed by atoms with E-state index in [0.29, 0.717) is 22.8 Å². The summed E-state index contributed by atoms with van der Waals surface area (Å²) in [4.78, 5) is 24.4. The van der Waals surface area contributed by atoms with Crippen LogP contribution in [-0.4, -0.2) is 30.8 Å². The molecule has 1 N–H and O–H groups in total. The largest absolute Gasteiger partial charge is 0.485 e. The maximum atomic E-state index is 12.2. The Balaban J connectivity index is 1.29. The first-order chi connectivity index (χ1) is 15.1. The van der Waals surface area contributed by atoms with E-state index in [1.165, 1.54) is 6.21 Å². The summed E-state index contributed by atoms with van der Waals surface area (Å²) in [5.74, 6) is 0.672. The Bertz CT molecular complexity index is 1110. The number of carbonyl (C=O) groups is 2. The van der Waals surface area contributed by atoms with Crippen LogP contribution < -0.4 is 19.6 Å². The van der Waals surface area contributed by atoms with Crippen molar-refractivity contribution < 1.29 is 23.8 Å². The number of amides is 1. The number of halogens is 1. The van der Waals surface area contributed by atoms with E-state index in [0.717, 1.165) is 10.0 Å². The number of esters is 1. The molecular formula is C23H17BrN2O5. The lowest BCUT2D eigenvalue weighted by Crippen LogP contribution is -2.42. The van der Waals surface area contributed by atoms with Crippen molar-refractivity contribution in [2.24, 2.45) is 5.10 Å². The zero-order chi connectivity index (χ0) is 21.6. The number of hydrogen-bond acceptors (Lipinski definition) is 6. The highest BCUT2D eigenvalue weighted by Crippen LogP contribution is 2.30. The van der Waals surface area contributed by atoms with Crippen molar-refractivity contribution in [3.8, 4) is 17.2 Å². The number of hydrazone groups is 1. The van der Waals surface area contributed by atoms with Crippen molar-refractivity contribution in [1.29, 1.82) is 0 Å². The molecule has 156 valence electrons. The fraction of sp³-hybridized carbons (Fsp3) is 0.0870. The Hall–Kier alpha value is -3.65. The van der Waals surface area contributed by atoms with Gasteiger partial charge in [0.05, 0.1) is 11.8 Å². The van der Waals surface area contributed by atoms with Gasteiger partial charge in [0.2, 0.25) is 6.10 Å². The zero-order valence-electron chi connectivity index (χ0n) is 16.2. The van der Waals surface area contributed by atoms with E-state index < -0.39 is 18.0 Å². The lowest BCUT2D eigenvalue weighted by Gasteiger charge is -2.24.